The number of nitrogens with one attached hydrogen (secondary N) is 8. The lowest BCUT2D eigenvalue weighted by Gasteiger charge is -2.31. The van der Waals surface area contributed by atoms with Gasteiger partial charge in [-0.3, -0.25) is 43.2 Å². The van der Waals surface area contributed by atoms with E-state index < -0.39 is 139 Å². The largest absolute Gasteiger partial charge is 0.481 e. The van der Waals surface area contributed by atoms with E-state index in [4.69, 9.17) is 4.74 Å². The molecule has 0 aromatic rings. The number of aliphatic hydroxyl groups is 2. The van der Waals surface area contributed by atoms with E-state index in [0.29, 0.717) is 19.3 Å². The zero-order chi connectivity index (χ0) is 57.1. The number of unbranched alkanes of at least 4 members (excludes halogenated alkanes) is 6. The average Bonchev–Trinajstić information content (AvgIpc) is 3.30. The van der Waals surface area contributed by atoms with Crippen LogP contribution < -0.4 is 42.5 Å². The van der Waals surface area contributed by atoms with Crippen LogP contribution in [0, 0.1) is 29.6 Å². The molecule has 11 atom stereocenters. The van der Waals surface area contributed by atoms with E-state index in [2.05, 4.69) is 49.5 Å². The van der Waals surface area contributed by atoms with Crippen molar-refractivity contribution in [2.24, 2.45) is 29.6 Å². The first-order valence-electron chi connectivity index (χ1n) is 27.3. The molecule has 1 aliphatic rings. The van der Waals surface area contributed by atoms with Gasteiger partial charge in [0.05, 0.1) is 25.6 Å². The van der Waals surface area contributed by atoms with E-state index in [1.165, 1.54) is 6.92 Å². The maximum Gasteiger partial charge on any atom is 0.329 e. The fourth-order valence-electron chi connectivity index (χ4n) is 8.54. The Morgan fingerprint density at radius 2 is 1.05 bits per heavy atom. The van der Waals surface area contributed by atoms with Gasteiger partial charge in [-0.15, -0.1) is 0 Å². The topological polar surface area (TPSA) is 337 Å². The van der Waals surface area contributed by atoms with E-state index in [-0.39, 0.29) is 55.8 Å². The van der Waals surface area contributed by atoms with Crippen molar-refractivity contribution in [3.05, 3.63) is 0 Å². The first-order valence-corrected chi connectivity index (χ1v) is 27.3. The van der Waals surface area contributed by atoms with Crippen LogP contribution in [0.3, 0.4) is 0 Å². The summed E-state index contributed by atoms with van der Waals surface area (Å²) < 4.78 is 5.85. The molecule has 1 rings (SSSR count). The Morgan fingerprint density at radius 1 is 0.587 bits per heavy atom. The lowest BCUT2D eigenvalue weighted by molar-refractivity contribution is -0.157. The van der Waals surface area contributed by atoms with Crippen molar-refractivity contribution < 1.29 is 68.0 Å². The van der Waals surface area contributed by atoms with Gasteiger partial charge in [-0.2, -0.15) is 0 Å². The van der Waals surface area contributed by atoms with Crippen molar-refractivity contribution in [3.63, 3.8) is 0 Å². The van der Waals surface area contributed by atoms with Crippen LogP contribution >= 0.6 is 0 Å². The summed E-state index contributed by atoms with van der Waals surface area (Å²) in [5, 5.41) is 51.3. The number of cyclic esters (lactones) is 1. The second-order valence-electron chi connectivity index (χ2n) is 22.0. The summed E-state index contributed by atoms with van der Waals surface area (Å²) >= 11 is 0. The summed E-state index contributed by atoms with van der Waals surface area (Å²) in [6.45, 7) is 20.1. The molecule has 8 amide bonds. The average molecular weight is 1070 g/mol. The maximum absolute atomic E-state index is 14.6. The standard InChI is InChI=1S/C53H94N8O14/c1-13-15-16-17-18-19-20-21-35(63)26-42(64)54-36(22-29(3)4)46(67)57-40(27-43(65)66)50(71)61-45-34(12)75-53(74)44(33(11)14-2)60-49(70)39(25-32(9)10)56-51(72)41(28-62)59-48(69)37(23-30(5)6)55-47(68)38(24-31(7)8)58-52(45)73/h29-41,44-45,62-63H,13-28H2,1-12H3,(H,54,64)(H,55,68)(H,56,72)(H,57,67)(H,58,73)(H,59,69)(H,60,70)(H,61,71)(H,65,66)/t33-,34-,35-,36-,37-,38+,39+,40+,41-,44+,45-/m1/s1. The van der Waals surface area contributed by atoms with Crippen LogP contribution in [-0.2, 0) is 52.7 Å². The molecule has 0 unspecified atom stereocenters. The van der Waals surface area contributed by atoms with Crippen molar-refractivity contribution >= 4 is 59.2 Å². The first-order chi connectivity index (χ1) is 35.1. The zero-order valence-corrected chi connectivity index (χ0v) is 46.8. The molecule has 430 valence electrons. The van der Waals surface area contributed by atoms with Crippen LogP contribution in [0.5, 0.6) is 0 Å². The molecule has 0 bridgehead atoms. The van der Waals surface area contributed by atoms with Crippen molar-refractivity contribution in [2.75, 3.05) is 6.61 Å². The van der Waals surface area contributed by atoms with Crippen LogP contribution in [-0.4, -0.2) is 142 Å². The van der Waals surface area contributed by atoms with Gasteiger partial charge in [0, 0.05) is 0 Å². The summed E-state index contributed by atoms with van der Waals surface area (Å²) in [5.41, 5.74) is 0. The third kappa shape index (κ3) is 26.3. The second-order valence-corrected chi connectivity index (χ2v) is 22.0. The number of esters is 1. The number of carbonyl (C=O) groups is 10. The molecule has 1 aliphatic heterocycles. The quantitative estimate of drug-likeness (QED) is 0.0396. The van der Waals surface area contributed by atoms with E-state index in [1.54, 1.807) is 69.2 Å². The Morgan fingerprint density at radius 3 is 1.52 bits per heavy atom. The fraction of sp³-hybridized carbons (Fsp3) is 0.811. The summed E-state index contributed by atoms with van der Waals surface area (Å²) in [5.74, 6) is -11.4. The molecule has 0 radical (unpaired) electrons. The molecule has 0 aromatic carbocycles. The number of rotatable bonds is 28. The lowest BCUT2D eigenvalue weighted by atomic mass is 9.97. The number of ether oxygens (including phenoxy) is 1. The van der Waals surface area contributed by atoms with E-state index in [0.717, 1.165) is 38.5 Å². The van der Waals surface area contributed by atoms with Gasteiger partial charge in [-0.25, -0.2) is 4.79 Å². The maximum atomic E-state index is 14.6. The Balaban J connectivity index is 3.83. The number of aliphatic carboxylic acids is 1. The molecule has 0 saturated carbocycles. The van der Waals surface area contributed by atoms with Gasteiger partial charge in [0.1, 0.15) is 54.4 Å². The molecule has 1 heterocycles. The third-order valence-corrected chi connectivity index (χ3v) is 12.9. The minimum atomic E-state index is -1.90. The van der Waals surface area contributed by atoms with Crippen molar-refractivity contribution in [1.29, 1.82) is 0 Å². The SMILES string of the molecule is CCCCCCCCC[C@@H](O)CC(=O)N[C@H](CC(C)C)C(=O)N[C@@H](CC(=O)O)C(=O)N[C@H]1C(=O)N[C@@H](CC(C)C)C(=O)N[C@H](CC(C)C)C(=O)N[C@H](CO)C(=O)N[C@@H](CC(C)C)C(=O)N[C@@H]([C@H](C)CC)C(=O)O[C@@H]1C. The highest BCUT2D eigenvalue weighted by Crippen LogP contribution is 2.17. The zero-order valence-electron chi connectivity index (χ0n) is 46.8. The number of carboxylic acids is 1. The minimum Gasteiger partial charge on any atom is -0.481 e. The van der Waals surface area contributed by atoms with E-state index in [1.807, 2.05) is 0 Å². The molecule has 11 N–H and O–H groups in total. The van der Waals surface area contributed by atoms with Gasteiger partial charge in [0.15, 0.2) is 0 Å². The van der Waals surface area contributed by atoms with E-state index >= 15 is 0 Å². The van der Waals surface area contributed by atoms with Gasteiger partial charge in [-0.05, 0) is 68.6 Å². The van der Waals surface area contributed by atoms with E-state index in [9.17, 15) is 63.3 Å². The molecule has 1 saturated heterocycles. The highest BCUT2D eigenvalue weighted by Gasteiger charge is 2.40. The Labute approximate surface area is 444 Å². The van der Waals surface area contributed by atoms with Gasteiger partial charge in [-0.1, -0.05) is 128 Å². The molecule has 0 spiro atoms. The highest BCUT2D eigenvalue weighted by atomic mass is 16.5. The third-order valence-electron chi connectivity index (χ3n) is 12.9. The number of aliphatic hydroxyl groups excluding tert-OH is 2. The Hall–Kier alpha value is -5.38. The molecule has 0 aromatic heterocycles. The van der Waals surface area contributed by atoms with Crippen molar-refractivity contribution in [1.82, 2.24) is 42.5 Å². The minimum absolute atomic E-state index is 0.0275. The molecular formula is C53H94N8O14. The van der Waals surface area contributed by atoms with Crippen molar-refractivity contribution in [3.8, 4) is 0 Å². The second kappa shape index (κ2) is 35.0. The number of carbonyl (C=O) groups excluding carboxylic acids is 9. The first kappa shape index (κ1) is 67.6. The predicted molar refractivity (Wildman–Crippen MR) is 281 cm³/mol. The van der Waals surface area contributed by atoms with Crippen LogP contribution in [0.1, 0.15) is 179 Å². The Bertz CT molecular complexity index is 1860. The predicted octanol–water partition coefficient (Wildman–Crippen LogP) is 2.40. The highest BCUT2D eigenvalue weighted by molar-refractivity contribution is 5.99. The summed E-state index contributed by atoms with van der Waals surface area (Å²) in [6, 6.07) is -12.0. The van der Waals surface area contributed by atoms with Gasteiger partial charge in [0.2, 0.25) is 47.3 Å². The number of amides is 8. The number of carboxylic acid groups (broad SMARTS) is 1. The van der Waals surface area contributed by atoms with Crippen molar-refractivity contribution in [2.45, 2.75) is 240 Å². The molecular weight excluding hydrogens is 973 g/mol. The lowest BCUT2D eigenvalue weighted by Crippen LogP contribution is -2.62. The number of hydrogen-bond acceptors (Lipinski definition) is 13. The summed E-state index contributed by atoms with van der Waals surface area (Å²) in [4.78, 5) is 138. The number of hydrogen-bond donors (Lipinski definition) is 11. The molecule has 22 heteroatoms. The van der Waals surface area contributed by atoms with Crippen LogP contribution in [0.15, 0.2) is 0 Å². The molecule has 22 nitrogen and oxygen atoms in total. The smallest absolute Gasteiger partial charge is 0.329 e. The van der Waals surface area contributed by atoms with Crippen LogP contribution in [0.25, 0.3) is 0 Å². The normalized spacial score (nSPS) is 23.3. The molecule has 0 aliphatic carbocycles. The summed E-state index contributed by atoms with van der Waals surface area (Å²) in [6.07, 6.45) is 4.06. The molecule has 1 fully saturated rings. The monoisotopic (exact) mass is 1070 g/mol. The summed E-state index contributed by atoms with van der Waals surface area (Å²) in [7, 11) is 0. The molecule has 75 heavy (non-hydrogen) atoms. The van der Waals surface area contributed by atoms with Gasteiger partial charge >= 0.3 is 11.9 Å². The van der Waals surface area contributed by atoms with Crippen LogP contribution in [0.4, 0.5) is 0 Å². The van der Waals surface area contributed by atoms with Gasteiger partial charge in [0.25, 0.3) is 0 Å². The fourth-order valence-corrected chi connectivity index (χ4v) is 8.54. The van der Waals surface area contributed by atoms with Gasteiger partial charge < -0.3 is 62.6 Å². The van der Waals surface area contributed by atoms with Crippen LogP contribution in [0.2, 0.25) is 0 Å². The Kier molecular flexibility index (Phi) is 31.6.